The zero-order chi connectivity index (χ0) is 28.5. The first-order valence-corrected chi connectivity index (χ1v) is 14.3. The van der Waals surface area contributed by atoms with Gasteiger partial charge in [-0.25, -0.2) is 4.79 Å². The van der Waals surface area contributed by atoms with E-state index in [0.717, 1.165) is 26.2 Å². The van der Waals surface area contributed by atoms with E-state index in [1.807, 2.05) is 78.9 Å². The van der Waals surface area contributed by atoms with E-state index in [-0.39, 0.29) is 19.0 Å². The molecular formula is C31H26BrIN2O5. The first-order chi connectivity index (χ1) is 19.3. The monoisotopic (exact) mass is 712 g/mol. The summed E-state index contributed by atoms with van der Waals surface area (Å²) in [7, 11) is 0. The minimum Gasteiger partial charge on any atom is -0.474 e. The predicted molar refractivity (Wildman–Crippen MR) is 164 cm³/mol. The Morgan fingerprint density at radius 2 is 1.48 bits per heavy atom. The molecule has 204 valence electrons. The van der Waals surface area contributed by atoms with Gasteiger partial charge in [-0.05, 0) is 88.2 Å². The van der Waals surface area contributed by atoms with Crippen LogP contribution in [0.25, 0.3) is 0 Å². The summed E-state index contributed by atoms with van der Waals surface area (Å²) in [5.74, 6) is -1.23. The molecule has 0 atom stereocenters. The molecule has 0 fully saturated rings. The molecule has 4 aromatic rings. The Labute approximate surface area is 254 Å². The summed E-state index contributed by atoms with van der Waals surface area (Å²) in [6, 6.07) is 29.9. The Bertz CT molecular complexity index is 1500. The van der Waals surface area contributed by atoms with Crippen molar-refractivity contribution in [2.75, 3.05) is 6.54 Å². The Morgan fingerprint density at radius 3 is 2.15 bits per heavy atom. The molecule has 0 radical (unpaired) electrons. The van der Waals surface area contributed by atoms with E-state index in [4.69, 9.17) is 4.74 Å². The lowest BCUT2D eigenvalue weighted by Crippen LogP contribution is -2.35. The van der Waals surface area contributed by atoms with Crippen molar-refractivity contribution >= 4 is 56.3 Å². The van der Waals surface area contributed by atoms with Gasteiger partial charge in [0.1, 0.15) is 11.5 Å². The number of hydrogen-bond acceptors (Lipinski definition) is 4. The molecule has 0 aromatic heterocycles. The number of carboxylic acids is 1. The van der Waals surface area contributed by atoms with Gasteiger partial charge in [-0.15, -0.1) is 0 Å². The van der Waals surface area contributed by atoms with Gasteiger partial charge in [0.25, 0.3) is 5.91 Å². The van der Waals surface area contributed by atoms with Gasteiger partial charge in [0.2, 0.25) is 0 Å². The van der Waals surface area contributed by atoms with Gasteiger partial charge in [0.15, 0.2) is 0 Å². The number of carbonyl (C=O) groups excluding carboxylic acids is 2. The van der Waals surface area contributed by atoms with Crippen LogP contribution in [0.2, 0.25) is 0 Å². The molecular weight excluding hydrogens is 687 g/mol. The maximum Gasteiger partial charge on any atom is 0.394 e. The van der Waals surface area contributed by atoms with Crippen molar-refractivity contribution in [3.63, 3.8) is 0 Å². The number of halogens is 2. The lowest BCUT2D eigenvalue weighted by atomic mass is 10.1. The normalized spacial score (nSPS) is 10.6. The van der Waals surface area contributed by atoms with Crippen LogP contribution in [-0.2, 0) is 29.1 Å². The first-order valence-electron chi connectivity index (χ1n) is 12.4. The molecule has 0 unspecified atom stereocenters. The number of ether oxygens (including phenoxy) is 1. The molecule has 0 aliphatic heterocycles. The third-order valence-electron chi connectivity index (χ3n) is 6.07. The number of nitrogens with zero attached hydrogens (tertiary/aromatic N) is 1. The van der Waals surface area contributed by atoms with Crippen LogP contribution >= 0.6 is 38.5 Å². The van der Waals surface area contributed by atoms with E-state index in [1.54, 1.807) is 18.2 Å². The van der Waals surface area contributed by atoms with Gasteiger partial charge in [-0.1, -0.05) is 70.5 Å². The Hall–Kier alpha value is -3.70. The number of amides is 2. The Morgan fingerprint density at radius 1 is 0.825 bits per heavy atom. The number of rotatable bonds is 10. The van der Waals surface area contributed by atoms with E-state index in [1.165, 1.54) is 4.90 Å². The van der Waals surface area contributed by atoms with E-state index in [9.17, 15) is 19.5 Å². The van der Waals surface area contributed by atoms with Crippen LogP contribution in [0.1, 0.15) is 27.0 Å². The van der Waals surface area contributed by atoms with Crippen LogP contribution in [0.4, 0.5) is 0 Å². The number of nitrogens with one attached hydrogen (secondary N) is 1. The topological polar surface area (TPSA) is 95.9 Å². The van der Waals surface area contributed by atoms with E-state index in [2.05, 4.69) is 43.8 Å². The molecule has 0 aliphatic rings. The molecule has 0 saturated carbocycles. The number of benzene rings is 4. The number of aliphatic carboxylic acids is 1. The fraction of sp³-hybridized carbons (Fsp3) is 0.129. The SMILES string of the molecule is O=C(O)C(=O)N(Cc1ccc(C(=O)NCCc2ccc(Oc3ccccc3)cc2)cc1Br)Cc1ccccc1I. The molecule has 0 heterocycles. The van der Waals surface area contributed by atoms with Crippen LogP contribution in [0.5, 0.6) is 11.5 Å². The van der Waals surface area contributed by atoms with Crippen molar-refractivity contribution in [2.45, 2.75) is 19.5 Å². The van der Waals surface area contributed by atoms with Gasteiger partial charge in [-0.3, -0.25) is 9.59 Å². The summed E-state index contributed by atoms with van der Waals surface area (Å²) in [6.45, 7) is 0.675. The summed E-state index contributed by atoms with van der Waals surface area (Å²) in [5, 5.41) is 12.3. The van der Waals surface area contributed by atoms with Gasteiger partial charge >= 0.3 is 11.9 Å². The maximum atomic E-state index is 12.8. The lowest BCUT2D eigenvalue weighted by Gasteiger charge is -2.22. The first kappa shape index (κ1) is 29.3. The van der Waals surface area contributed by atoms with Crippen LogP contribution in [0, 0.1) is 3.57 Å². The molecule has 0 saturated heterocycles. The van der Waals surface area contributed by atoms with E-state index >= 15 is 0 Å². The predicted octanol–water partition coefficient (Wildman–Crippen LogP) is 6.43. The van der Waals surface area contributed by atoms with Gasteiger partial charge in [0.05, 0.1) is 0 Å². The van der Waals surface area contributed by atoms with Crippen molar-refractivity contribution in [1.82, 2.24) is 10.2 Å². The summed E-state index contributed by atoms with van der Waals surface area (Å²) in [5.41, 5.74) is 3.06. The molecule has 4 rings (SSSR count). The molecule has 0 aliphatic carbocycles. The number of hydrogen-bond donors (Lipinski definition) is 2. The maximum absolute atomic E-state index is 12.8. The quantitative estimate of drug-likeness (QED) is 0.146. The smallest absolute Gasteiger partial charge is 0.394 e. The zero-order valence-corrected chi connectivity index (χ0v) is 25.1. The molecule has 40 heavy (non-hydrogen) atoms. The molecule has 2 N–H and O–H groups in total. The zero-order valence-electron chi connectivity index (χ0n) is 21.3. The van der Waals surface area contributed by atoms with Crippen LogP contribution in [0.15, 0.2) is 102 Å². The molecule has 9 heteroatoms. The highest BCUT2D eigenvalue weighted by molar-refractivity contribution is 14.1. The second-order valence-electron chi connectivity index (χ2n) is 8.93. The molecule has 0 spiro atoms. The number of carbonyl (C=O) groups is 3. The highest BCUT2D eigenvalue weighted by Crippen LogP contribution is 2.23. The highest BCUT2D eigenvalue weighted by Gasteiger charge is 2.23. The average Bonchev–Trinajstić information content (AvgIpc) is 2.95. The Kier molecular flexibility index (Phi) is 10.3. The fourth-order valence-corrected chi connectivity index (χ4v) is 5.02. The third kappa shape index (κ3) is 8.15. The van der Waals surface area contributed by atoms with E-state index < -0.39 is 11.9 Å². The van der Waals surface area contributed by atoms with Crippen molar-refractivity contribution in [3.8, 4) is 11.5 Å². The van der Waals surface area contributed by atoms with Crippen LogP contribution in [0.3, 0.4) is 0 Å². The molecule has 0 bridgehead atoms. The molecule has 2 amide bonds. The summed E-state index contributed by atoms with van der Waals surface area (Å²) >= 11 is 5.65. The van der Waals surface area contributed by atoms with Crippen molar-refractivity contribution in [3.05, 3.63) is 127 Å². The summed E-state index contributed by atoms with van der Waals surface area (Å²) in [4.78, 5) is 37.9. The minimum atomic E-state index is -1.52. The van der Waals surface area contributed by atoms with Crippen LogP contribution in [-0.4, -0.2) is 34.3 Å². The van der Waals surface area contributed by atoms with Crippen molar-refractivity contribution < 1.29 is 24.2 Å². The van der Waals surface area contributed by atoms with E-state index in [0.29, 0.717) is 28.6 Å². The average molecular weight is 713 g/mol. The lowest BCUT2D eigenvalue weighted by molar-refractivity contribution is -0.156. The fourth-order valence-electron chi connectivity index (χ4n) is 3.96. The minimum absolute atomic E-state index is 0.0720. The standard InChI is InChI=1S/C31H26BrIN2O5/c32-27-18-22(12-13-23(27)19-35(30(37)31(38)39)20-24-6-4-5-9-28(24)33)29(36)34-17-16-21-10-14-26(15-11-21)40-25-7-2-1-3-8-25/h1-15,18H,16-17,19-20H2,(H,34,36)(H,38,39). The largest absolute Gasteiger partial charge is 0.474 e. The summed E-state index contributed by atoms with van der Waals surface area (Å²) in [6.07, 6.45) is 0.654. The summed E-state index contributed by atoms with van der Waals surface area (Å²) < 4.78 is 7.36. The van der Waals surface area contributed by atoms with Gasteiger partial charge in [0, 0.05) is 33.2 Å². The third-order valence-corrected chi connectivity index (χ3v) is 7.86. The highest BCUT2D eigenvalue weighted by atomic mass is 127. The number of carboxylic acid groups (broad SMARTS) is 1. The molecule has 4 aromatic carbocycles. The van der Waals surface area contributed by atoms with Gasteiger partial charge in [-0.2, -0.15) is 0 Å². The van der Waals surface area contributed by atoms with Crippen molar-refractivity contribution in [2.24, 2.45) is 0 Å². The molecule has 7 nitrogen and oxygen atoms in total. The number of para-hydroxylation sites is 1. The second kappa shape index (κ2) is 14.1. The second-order valence-corrected chi connectivity index (χ2v) is 10.9. The Balaban J connectivity index is 1.33. The van der Waals surface area contributed by atoms with Crippen molar-refractivity contribution in [1.29, 1.82) is 0 Å². The van der Waals surface area contributed by atoms with Gasteiger partial charge < -0.3 is 20.1 Å². The van der Waals surface area contributed by atoms with Crippen LogP contribution < -0.4 is 10.1 Å².